The number of amides is 8. The van der Waals surface area contributed by atoms with Crippen LogP contribution in [0.25, 0.3) is 11.1 Å². The molecule has 0 saturated carbocycles. The number of hydrogen-bond donors (Lipinski definition) is 2. The number of benzene rings is 2. The van der Waals surface area contributed by atoms with Gasteiger partial charge in [-0.3, -0.25) is 47.9 Å². The van der Waals surface area contributed by atoms with E-state index in [1.165, 1.54) is 0 Å². The van der Waals surface area contributed by atoms with Crippen LogP contribution in [0.1, 0.15) is 0 Å². The molecule has 2 aliphatic rings. The molecule has 0 aliphatic carbocycles. The summed E-state index contributed by atoms with van der Waals surface area (Å²) in [6.45, 7) is 0. The number of urea groups is 2. The molecule has 0 aromatic heterocycles. The zero-order chi connectivity index (χ0) is 34.5. The third-order valence-electron chi connectivity index (χ3n) is 6.76. The lowest BCUT2D eigenvalue weighted by Crippen LogP contribution is -2.58. The first kappa shape index (κ1) is 33.6. The van der Waals surface area contributed by atoms with Crippen LogP contribution in [-0.4, -0.2) is 122 Å². The first-order valence-electron chi connectivity index (χ1n) is 12.5. The Morgan fingerprint density at radius 3 is 1.09 bits per heavy atom. The van der Waals surface area contributed by atoms with Gasteiger partial charge in [0.2, 0.25) is 12.1 Å². The lowest BCUT2D eigenvalue weighted by Gasteiger charge is -2.30. The third-order valence-corrected chi connectivity index (χ3v) is 8.55. The minimum Gasteiger partial charge on any atom is -0.282 e. The zero-order valence-electron chi connectivity index (χ0n) is 24.0. The van der Waals surface area contributed by atoms with Crippen LogP contribution < -0.4 is 0 Å². The van der Waals surface area contributed by atoms with Crippen LogP contribution in [-0.2, 0) is 39.4 Å². The smallest absolute Gasteiger partial charge is 0.282 e. The number of hydrogen-bond acceptors (Lipinski definition) is 14. The summed E-state index contributed by atoms with van der Waals surface area (Å²) in [6.07, 6.45) is 0. The topological polar surface area (TPSA) is 274 Å². The van der Waals surface area contributed by atoms with E-state index in [1.54, 1.807) is 0 Å². The molecule has 242 valence electrons. The Balaban J connectivity index is 1.75. The first-order valence-corrected chi connectivity index (χ1v) is 15.4. The predicted molar refractivity (Wildman–Crippen MR) is 150 cm³/mol. The quantitative estimate of drug-likeness (QED) is 0.234. The fourth-order valence-electron chi connectivity index (χ4n) is 4.24. The minimum atomic E-state index is -5.14. The molecular weight excluding hydrogens is 656 g/mol. The second-order valence-corrected chi connectivity index (χ2v) is 12.5. The van der Waals surface area contributed by atoms with Crippen molar-refractivity contribution < 1.29 is 54.7 Å². The van der Waals surface area contributed by atoms with E-state index in [2.05, 4.69) is 20.5 Å². The van der Waals surface area contributed by atoms with Gasteiger partial charge in [-0.05, 0) is 24.3 Å². The molecule has 0 bridgehead atoms. The number of rotatable bonds is 7. The molecule has 22 heteroatoms. The third kappa shape index (κ3) is 6.13. The summed E-state index contributed by atoms with van der Waals surface area (Å²) in [4.78, 5) is 73.9. The number of imide groups is 4. The van der Waals surface area contributed by atoms with Gasteiger partial charge in [0.1, 0.15) is 9.79 Å². The van der Waals surface area contributed by atoms with E-state index in [0.29, 0.717) is 19.6 Å². The summed E-state index contributed by atoms with van der Waals surface area (Å²) < 4.78 is 69.2. The molecule has 8 amide bonds. The number of azo groups is 2. The predicted octanol–water partition coefficient (Wildman–Crippen LogP) is 0.852. The number of barbiturate groups is 2. The maximum atomic E-state index is 12.4. The van der Waals surface area contributed by atoms with Crippen molar-refractivity contribution in [1.82, 2.24) is 19.6 Å². The van der Waals surface area contributed by atoms with Crippen LogP contribution in [0.4, 0.5) is 21.0 Å². The van der Waals surface area contributed by atoms with E-state index in [9.17, 15) is 54.7 Å². The van der Waals surface area contributed by atoms with Crippen molar-refractivity contribution in [1.29, 1.82) is 0 Å². The maximum absolute atomic E-state index is 12.4. The Morgan fingerprint density at radius 1 is 0.543 bits per heavy atom. The number of carbonyl (C=O) groups excluding carboxylic acids is 6. The molecular formula is C24H22N8O12S2. The lowest BCUT2D eigenvalue weighted by molar-refractivity contribution is -0.144. The van der Waals surface area contributed by atoms with Gasteiger partial charge in [0.05, 0.1) is 11.4 Å². The average molecular weight is 679 g/mol. The highest BCUT2D eigenvalue weighted by Gasteiger charge is 2.44. The molecule has 4 rings (SSSR count). The van der Waals surface area contributed by atoms with Gasteiger partial charge in [-0.1, -0.05) is 12.1 Å². The average Bonchev–Trinajstić information content (AvgIpc) is 3.00. The van der Waals surface area contributed by atoms with Gasteiger partial charge >= 0.3 is 12.1 Å². The molecule has 0 atom stereocenters. The Labute approximate surface area is 259 Å². The summed E-state index contributed by atoms with van der Waals surface area (Å²) in [5, 5.41) is 14.6. The van der Waals surface area contributed by atoms with E-state index in [1.807, 2.05) is 0 Å². The van der Waals surface area contributed by atoms with Gasteiger partial charge in [-0.25, -0.2) is 9.59 Å². The van der Waals surface area contributed by atoms with Crippen molar-refractivity contribution in [2.45, 2.75) is 21.9 Å². The molecule has 2 N–H and O–H groups in total. The molecule has 46 heavy (non-hydrogen) atoms. The SMILES string of the molecule is CN1C(=O)C(N=Nc2ccc(-c3ccc(N=NC4C(=O)N(C)C(=O)N(C)C4=O)cc3S(=O)(=O)O)c(S(=O)(=O)O)c2)C(=O)N(C)C1=O. The molecule has 0 unspecified atom stereocenters. The highest BCUT2D eigenvalue weighted by molar-refractivity contribution is 7.86. The van der Waals surface area contributed by atoms with E-state index in [4.69, 9.17) is 0 Å². The van der Waals surface area contributed by atoms with Gasteiger partial charge in [0, 0.05) is 39.3 Å². The van der Waals surface area contributed by atoms with Gasteiger partial charge in [-0.2, -0.15) is 37.3 Å². The fraction of sp³-hybridized carbons (Fsp3) is 0.250. The Morgan fingerprint density at radius 2 is 0.826 bits per heavy atom. The first-order chi connectivity index (χ1) is 21.2. The second-order valence-electron chi connectivity index (χ2n) is 9.70. The van der Waals surface area contributed by atoms with Crippen molar-refractivity contribution in [2.24, 2.45) is 20.5 Å². The molecule has 20 nitrogen and oxygen atoms in total. The van der Waals surface area contributed by atoms with Gasteiger partial charge in [-0.15, -0.1) is 0 Å². The van der Waals surface area contributed by atoms with E-state index >= 15 is 0 Å². The van der Waals surface area contributed by atoms with E-state index < -0.39 is 88.9 Å². The van der Waals surface area contributed by atoms with Crippen LogP contribution in [0.2, 0.25) is 0 Å². The summed E-state index contributed by atoms with van der Waals surface area (Å²) in [5.74, 6) is -4.04. The van der Waals surface area contributed by atoms with Crippen molar-refractivity contribution in [3.05, 3.63) is 36.4 Å². The van der Waals surface area contributed by atoms with Crippen LogP contribution in [0.5, 0.6) is 0 Å². The van der Waals surface area contributed by atoms with Crippen LogP contribution in [0.15, 0.2) is 66.6 Å². The van der Waals surface area contributed by atoms with Crippen LogP contribution in [0, 0.1) is 0 Å². The Bertz CT molecular complexity index is 1820. The number of likely N-dealkylation sites (N-methyl/N-ethyl adjacent to an activating group) is 4. The largest absolute Gasteiger partial charge is 0.333 e. The summed E-state index contributed by atoms with van der Waals surface area (Å²) in [7, 11) is -5.86. The standard InChI is InChI=1S/C24H22N8O12S2/c1-29-19(33)17(20(34)30(2)23(29)37)27-25-11-5-7-13(15(9-11)45(39,40)41)14-8-6-12(10-16(14)46(42,43)44)26-28-18-21(35)31(3)24(38)32(4)22(18)36/h5-10,17-18H,1-4H3,(H,39,40,41)(H,42,43,44). The van der Waals surface area contributed by atoms with Gasteiger partial charge < -0.3 is 0 Å². The van der Waals surface area contributed by atoms with Crippen molar-refractivity contribution in [3.8, 4) is 11.1 Å². The molecule has 2 heterocycles. The molecule has 0 radical (unpaired) electrons. The van der Waals surface area contributed by atoms with E-state index in [-0.39, 0.29) is 11.4 Å². The fourth-order valence-corrected chi connectivity index (χ4v) is 5.69. The Hall–Kier alpha value is -5.32. The second kappa shape index (κ2) is 11.9. The molecule has 2 saturated heterocycles. The lowest BCUT2D eigenvalue weighted by atomic mass is 10.0. The zero-order valence-corrected chi connectivity index (χ0v) is 25.6. The van der Waals surface area contributed by atoms with Crippen molar-refractivity contribution in [3.63, 3.8) is 0 Å². The van der Waals surface area contributed by atoms with Gasteiger partial charge in [0.25, 0.3) is 43.9 Å². The minimum absolute atomic E-state index is 0.326. The van der Waals surface area contributed by atoms with Crippen molar-refractivity contribution >= 4 is 67.3 Å². The van der Waals surface area contributed by atoms with Crippen LogP contribution >= 0.6 is 0 Å². The summed E-state index contributed by atoms with van der Waals surface area (Å²) >= 11 is 0. The monoisotopic (exact) mass is 678 g/mol. The molecule has 2 aromatic rings. The summed E-state index contributed by atoms with van der Waals surface area (Å²) in [5.41, 5.74) is -1.58. The van der Waals surface area contributed by atoms with E-state index in [0.717, 1.165) is 64.6 Å². The molecule has 2 fully saturated rings. The van der Waals surface area contributed by atoms with Gasteiger partial charge in [0.15, 0.2) is 0 Å². The molecule has 0 spiro atoms. The molecule has 2 aliphatic heterocycles. The number of carbonyl (C=O) groups is 6. The van der Waals surface area contributed by atoms with Crippen molar-refractivity contribution in [2.75, 3.05) is 28.2 Å². The highest BCUT2D eigenvalue weighted by Crippen LogP contribution is 2.37. The highest BCUT2D eigenvalue weighted by atomic mass is 32.2. The summed E-state index contributed by atoms with van der Waals surface area (Å²) in [6, 6.07) is 0.225. The molecule has 2 aromatic carbocycles. The normalized spacial score (nSPS) is 17.9. The number of nitrogens with zero attached hydrogens (tertiary/aromatic N) is 8. The van der Waals surface area contributed by atoms with Crippen LogP contribution in [0.3, 0.4) is 0 Å². The Kier molecular flexibility index (Phi) is 8.67. The maximum Gasteiger partial charge on any atom is 0.333 e.